The monoisotopic (exact) mass is 360 g/mol. The van der Waals surface area contributed by atoms with Gasteiger partial charge in [-0.15, -0.1) is 0 Å². The molecule has 5 aromatic carbocycles. The Morgan fingerprint density at radius 2 is 0.929 bits per heavy atom. The van der Waals surface area contributed by atoms with Crippen LogP contribution in [0.2, 0.25) is 0 Å². The summed E-state index contributed by atoms with van der Waals surface area (Å²) in [5.74, 6) is 0. The molecule has 5 rings (SSSR count). The van der Waals surface area contributed by atoms with Crippen LogP contribution < -0.4 is 0 Å². The molecule has 0 radical (unpaired) electrons. The third kappa shape index (κ3) is 2.60. The van der Waals surface area contributed by atoms with E-state index >= 15 is 0 Å². The third-order valence-electron chi connectivity index (χ3n) is 5.85. The topological polar surface area (TPSA) is 0 Å². The summed E-state index contributed by atoms with van der Waals surface area (Å²) in [6, 6.07) is 27.4. The Kier molecular flexibility index (Phi) is 3.77. The Morgan fingerprint density at radius 3 is 1.61 bits per heavy atom. The first kappa shape index (κ1) is 17.0. The number of benzene rings is 5. The molecule has 0 spiro atoms. The molecule has 0 heterocycles. The van der Waals surface area contributed by atoms with Gasteiger partial charge in [0, 0.05) is 0 Å². The van der Waals surface area contributed by atoms with Crippen LogP contribution in [0.25, 0.3) is 43.4 Å². The second kappa shape index (κ2) is 6.21. The fourth-order valence-corrected chi connectivity index (χ4v) is 4.46. The van der Waals surface area contributed by atoms with Gasteiger partial charge in [0.05, 0.1) is 0 Å². The molecular weight excluding hydrogens is 336 g/mol. The smallest absolute Gasteiger partial charge is 0.00202 e. The van der Waals surface area contributed by atoms with Crippen molar-refractivity contribution in [3.63, 3.8) is 0 Å². The molecule has 0 fully saturated rings. The van der Waals surface area contributed by atoms with Gasteiger partial charge in [0.1, 0.15) is 0 Å². The van der Waals surface area contributed by atoms with Crippen LogP contribution in [0.1, 0.15) is 22.3 Å². The van der Waals surface area contributed by atoms with Gasteiger partial charge in [0.15, 0.2) is 0 Å². The van der Waals surface area contributed by atoms with Crippen molar-refractivity contribution in [1.29, 1.82) is 0 Å². The average Bonchev–Trinajstić information content (AvgIpc) is 2.68. The molecule has 0 saturated heterocycles. The minimum atomic E-state index is 1.28. The highest BCUT2D eigenvalue weighted by Crippen LogP contribution is 2.41. The molecule has 5 aromatic rings. The highest BCUT2D eigenvalue weighted by atomic mass is 14.2. The number of hydrogen-bond donors (Lipinski definition) is 0. The predicted octanol–water partition coefficient (Wildman–Crippen LogP) is 8.05. The van der Waals surface area contributed by atoms with Gasteiger partial charge in [-0.3, -0.25) is 0 Å². The summed E-state index contributed by atoms with van der Waals surface area (Å²) >= 11 is 0. The molecule has 0 amide bonds. The van der Waals surface area contributed by atoms with Crippen molar-refractivity contribution in [3.05, 3.63) is 95.1 Å². The Bertz CT molecular complexity index is 1370. The minimum absolute atomic E-state index is 1.28. The van der Waals surface area contributed by atoms with Crippen LogP contribution in [-0.4, -0.2) is 0 Å². The van der Waals surface area contributed by atoms with E-state index in [9.17, 15) is 0 Å². The first-order chi connectivity index (χ1) is 13.5. The van der Waals surface area contributed by atoms with Crippen molar-refractivity contribution in [2.24, 2.45) is 0 Å². The summed E-state index contributed by atoms with van der Waals surface area (Å²) in [5, 5.41) is 8.10. The lowest BCUT2D eigenvalue weighted by atomic mass is 9.87. The summed E-state index contributed by atoms with van der Waals surface area (Å²) < 4.78 is 0. The summed E-state index contributed by atoms with van der Waals surface area (Å²) in [7, 11) is 0. The lowest BCUT2D eigenvalue weighted by Gasteiger charge is -2.16. The lowest BCUT2D eigenvalue weighted by molar-refractivity contribution is 1.46. The molecule has 0 aliphatic rings. The van der Waals surface area contributed by atoms with Crippen LogP contribution in [0.4, 0.5) is 0 Å². The van der Waals surface area contributed by atoms with Crippen molar-refractivity contribution in [2.75, 3.05) is 0 Å². The van der Waals surface area contributed by atoms with Gasteiger partial charge in [-0.25, -0.2) is 0 Å². The molecular formula is C28H24. The largest absolute Gasteiger partial charge is 0.0587 e. The maximum Gasteiger partial charge on any atom is -0.00202 e. The number of aryl methyl sites for hydroxylation is 4. The second-order valence-corrected chi connectivity index (χ2v) is 8.20. The molecule has 0 aromatic heterocycles. The zero-order valence-electron chi connectivity index (χ0n) is 16.9. The van der Waals surface area contributed by atoms with Gasteiger partial charge in [0.25, 0.3) is 0 Å². The van der Waals surface area contributed by atoms with E-state index in [0.29, 0.717) is 0 Å². The Balaban J connectivity index is 2.06. The third-order valence-corrected chi connectivity index (χ3v) is 5.85. The first-order valence-electron chi connectivity index (χ1n) is 9.95. The quantitative estimate of drug-likeness (QED) is 0.265. The highest BCUT2D eigenvalue weighted by molar-refractivity contribution is 6.28. The lowest BCUT2D eigenvalue weighted by Crippen LogP contribution is -1.90. The van der Waals surface area contributed by atoms with Gasteiger partial charge in [-0.2, -0.15) is 0 Å². The van der Waals surface area contributed by atoms with E-state index in [-0.39, 0.29) is 0 Å². The van der Waals surface area contributed by atoms with Gasteiger partial charge in [-0.05, 0) is 76.7 Å². The van der Waals surface area contributed by atoms with Crippen molar-refractivity contribution in [2.45, 2.75) is 27.7 Å². The molecule has 28 heavy (non-hydrogen) atoms. The molecule has 0 aliphatic carbocycles. The number of rotatable bonds is 1. The fraction of sp³-hybridized carbons (Fsp3) is 0.143. The standard InChI is InChI=1S/C28H24/c1-17-5-9-21(10-6-17)24-15-20(4)16-27-22-11-7-18(2)13-25(22)26-14-19(3)8-12-23(26)28(24)27/h5-16H,1-4H3. The van der Waals surface area contributed by atoms with Gasteiger partial charge >= 0.3 is 0 Å². The molecule has 0 aliphatic heterocycles. The molecule has 0 nitrogen and oxygen atoms in total. The van der Waals surface area contributed by atoms with Crippen LogP contribution in [0.15, 0.2) is 72.8 Å². The van der Waals surface area contributed by atoms with E-state index in [0.717, 1.165) is 0 Å². The molecule has 0 unspecified atom stereocenters. The van der Waals surface area contributed by atoms with Crippen LogP contribution in [0.5, 0.6) is 0 Å². The van der Waals surface area contributed by atoms with Gasteiger partial charge in [0.2, 0.25) is 0 Å². The Labute approximate surface area is 166 Å². The normalized spacial score (nSPS) is 11.6. The molecule has 136 valence electrons. The molecule has 0 saturated carbocycles. The van der Waals surface area contributed by atoms with E-state index < -0.39 is 0 Å². The SMILES string of the molecule is Cc1ccc(-c2cc(C)cc3c4ccc(C)cc4c4cc(C)ccc4c23)cc1. The first-order valence-corrected chi connectivity index (χ1v) is 9.95. The van der Waals surface area contributed by atoms with Crippen molar-refractivity contribution >= 4 is 32.3 Å². The summed E-state index contributed by atoms with van der Waals surface area (Å²) in [6.45, 7) is 8.71. The average molecular weight is 361 g/mol. The van der Waals surface area contributed by atoms with E-state index in [4.69, 9.17) is 0 Å². The van der Waals surface area contributed by atoms with Crippen LogP contribution in [-0.2, 0) is 0 Å². The van der Waals surface area contributed by atoms with E-state index in [1.807, 2.05) is 0 Å². The molecule has 0 heteroatoms. The molecule has 0 N–H and O–H groups in total. The van der Waals surface area contributed by atoms with Crippen LogP contribution in [0.3, 0.4) is 0 Å². The van der Waals surface area contributed by atoms with Crippen LogP contribution >= 0.6 is 0 Å². The summed E-state index contributed by atoms with van der Waals surface area (Å²) in [6.07, 6.45) is 0. The maximum absolute atomic E-state index is 2.35. The van der Waals surface area contributed by atoms with E-state index in [2.05, 4.69) is 100 Å². The Hall–Kier alpha value is -3.12. The molecule has 0 atom stereocenters. The fourth-order valence-electron chi connectivity index (χ4n) is 4.46. The summed E-state index contributed by atoms with van der Waals surface area (Å²) in [5.41, 5.74) is 7.82. The number of hydrogen-bond acceptors (Lipinski definition) is 0. The van der Waals surface area contributed by atoms with Gasteiger partial charge < -0.3 is 0 Å². The highest BCUT2D eigenvalue weighted by Gasteiger charge is 2.14. The van der Waals surface area contributed by atoms with Gasteiger partial charge in [-0.1, -0.05) is 89.5 Å². The van der Waals surface area contributed by atoms with Crippen molar-refractivity contribution in [3.8, 4) is 11.1 Å². The predicted molar refractivity (Wildman–Crippen MR) is 123 cm³/mol. The summed E-state index contributed by atoms with van der Waals surface area (Å²) in [4.78, 5) is 0. The maximum atomic E-state index is 2.35. The zero-order valence-corrected chi connectivity index (χ0v) is 16.9. The molecule has 0 bridgehead atoms. The Morgan fingerprint density at radius 1 is 0.393 bits per heavy atom. The van der Waals surface area contributed by atoms with E-state index in [1.165, 1.54) is 65.7 Å². The van der Waals surface area contributed by atoms with E-state index in [1.54, 1.807) is 0 Å². The number of fused-ring (bicyclic) bond motifs is 6. The second-order valence-electron chi connectivity index (χ2n) is 8.20. The minimum Gasteiger partial charge on any atom is -0.0587 e. The van der Waals surface area contributed by atoms with Crippen molar-refractivity contribution < 1.29 is 0 Å². The zero-order chi connectivity index (χ0) is 19.4. The van der Waals surface area contributed by atoms with Crippen molar-refractivity contribution in [1.82, 2.24) is 0 Å². The van der Waals surface area contributed by atoms with Crippen LogP contribution in [0, 0.1) is 27.7 Å².